The van der Waals surface area contributed by atoms with Gasteiger partial charge in [0.1, 0.15) is 0 Å². The second-order valence-electron chi connectivity index (χ2n) is 3.11. The Hall–Kier alpha value is -1.42. The van der Waals surface area contributed by atoms with Crippen LogP contribution in [0.2, 0.25) is 0 Å². The summed E-state index contributed by atoms with van der Waals surface area (Å²) in [6.45, 7) is 1.99. The topological polar surface area (TPSA) is 76.2 Å². The highest BCUT2D eigenvalue weighted by Gasteiger charge is 2.14. The average molecular weight is 194 g/mol. The molecule has 0 aliphatic carbocycles. The van der Waals surface area contributed by atoms with Gasteiger partial charge in [-0.15, -0.1) is 0 Å². The smallest absolute Gasteiger partial charge is 0.305 e. The molecule has 1 atom stereocenters. The van der Waals surface area contributed by atoms with Gasteiger partial charge in [0, 0.05) is 6.20 Å². The number of hydrogen-bond donors (Lipinski definition) is 2. The molecule has 1 rings (SSSR count). The van der Waals surface area contributed by atoms with Crippen LogP contribution in [0.25, 0.3) is 0 Å². The minimum atomic E-state index is -0.898. The lowest BCUT2D eigenvalue weighted by atomic mass is 10.0. The van der Waals surface area contributed by atoms with Gasteiger partial charge < -0.3 is 10.8 Å². The first-order valence-electron chi connectivity index (χ1n) is 4.56. The number of aromatic nitrogens is 1. The quantitative estimate of drug-likeness (QED) is 0.753. The predicted octanol–water partition coefficient (Wildman–Crippen LogP) is 1.12. The Morgan fingerprint density at radius 2 is 2.43 bits per heavy atom. The fourth-order valence-corrected chi connectivity index (χ4v) is 1.37. The zero-order chi connectivity index (χ0) is 10.6. The van der Waals surface area contributed by atoms with E-state index in [2.05, 4.69) is 4.98 Å². The summed E-state index contributed by atoms with van der Waals surface area (Å²) in [4.78, 5) is 14.6. The van der Waals surface area contributed by atoms with Crippen molar-refractivity contribution >= 4 is 5.97 Å². The Kier molecular flexibility index (Phi) is 3.59. The third-order valence-electron chi connectivity index (χ3n) is 2.05. The lowest BCUT2D eigenvalue weighted by Crippen LogP contribution is -2.18. The highest BCUT2D eigenvalue weighted by molar-refractivity contribution is 5.67. The molecule has 4 heteroatoms. The normalized spacial score (nSPS) is 12.4. The van der Waals surface area contributed by atoms with Crippen LogP contribution in [-0.2, 0) is 11.2 Å². The largest absolute Gasteiger partial charge is 0.481 e. The number of pyridine rings is 1. The van der Waals surface area contributed by atoms with Gasteiger partial charge in [0.2, 0.25) is 0 Å². The van der Waals surface area contributed by atoms with Crippen molar-refractivity contribution in [1.82, 2.24) is 4.98 Å². The summed E-state index contributed by atoms with van der Waals surface area (Å²) in [5.74, 6) is -0.898. The molecule has 0 aromatic carbocycles. The van der Waals surface area contributed by atoms with Crippen LogP contribution in [0.5, 0.6) is 0 Å². The molecule has 0 radical (unpaired) electrons. The van der Waals surface area contributed by atoms with E-state index in [4.69, 9.17) is 10.8 Å². The molecule has 1 aromatic heterocycles. The summed E-state index contributed by atoms with van der Waals surface area (Å²) in [7, 11) is 0. The zero-order valence-electron chi connectivity index (χ0n) is 8.10. The first-order valence-corrected chi connectivity index (χ1v) is 4.56. The third kappa shape index (κ3) is 2.53. The molecule has 14 heavy (non-hydrogen) atoms. The standard InChI is InChI=1S/C10H14N2O2/c1-2-7-4-3-5-12-10(7)8(11)6-9(13)14/h3-5,8H,2,6,11H2,1H3,(H,13,14)/t8-/m1/s1. The van der Waals surface area contributed by atoms with E-state index >= 15 is 0 Å². The molecule has 3 N–H and O–H groups in total. The Balaban J connectivity index is 2.87. The van der Waals surface area contributed by atoms with Crippen LogP contribution in [0.4, 0.5) is 0 Å². The second kappa shape index (κ2) is 4.72. The van der Waals surface area contributed by atoms with E-state index in [9.17, 15) is 4.79 Å². The third-order valence-corrected chi connectivity index (χ3v) is 2.05. The number of aryl methyl sites for hydroxylation is 1. The number of aliphatic carboxylic acids is 1. The van der Waals surface area contributed by atoms with Crippen molar-refractivity contribution < 1.29 is 9.90 Å². The molecule has 0 saturated heterocycles. The van der Waals surface area contributed by atoms with Crippen LogP contribution >= 0.6 is 0 Å². The second-order valence-corrected chi connectivity index (χ2v) is 3.11. The molecule has 4 nitrogen and oxygen atoms in total. The molecule has 1 heterocycles. The summed E-state index contributed by atoms with van der Waals surface area (Å²) in [5.41, 5.74) is 7.44. The Labute approximate surface area is 82.8 Å². The van der Waals surface area contributed by atoms with Gasteiger partial charge in [-0.3, -0.25) is 9.78 Å². The summed E-state index contributed by atoms with van der Waals surface area (Å²) in [6, 6.07) is 3.24. The van der Waals surface area contributed by atoms with Crippen LogP contribution in [0.1, 0.15) is 30.6 Å². The predicted molar refractivity (Wildman–Crippen MR) is 52.8 cm³/mol. The summed E-state index contributed by atoms with van der Waals surface area (Å²) >= 11 is 0. The van der Waals surface area contributed by atoms with Crippen molar-refractivity contribution in [1.29, 1.82) is 0 Å². The van der Waals surface area contributed by atoms with E-state index in [1.54, 1.807) is 6.20 Å². The molecule has 1 aromatic rings. The lowest BCUT2D eigenvalue weighted by Gasteiger charge is -2.11. The molecule has 0 fully saturated rings. The average Bonchev–Trinajstić information content (AvgIpc) is 2.16. The van der Waals surface area contributed by atoms with E-state index in [1.165, 1.54) is 0 Å². The number of nitrogens with two attached hydrogens (primary N) is 1. The Morgan fingerprint density at radius 1 is 1.71 bits per heavy atom. The van der Waals surface area contributed by atoms with E-state index in [1.807, 2.05) is 19.1 Å². The highest BCUT2D eigenvalue weighted by atomic mass is 16.4. The molecule has 0 saturated carbocycles. The van der Waals surface area contributed by atoms with Crippen LogP contribution in [-0.4, -0.2) is 16.1 Å². The highest BCUT2D eigenvalue weighted by Crippen LogP contribution is 2.16. The van der Waals surface area contributed by atoms with Crippen molar-refractivity contribution in [2.45, 2.75) is 25.8 Å². The molecule has 0 amide bonds. The van der Waals surface area contributed by atoms with Crippen LogP contribution in [0.3, 0.4) is 0 Å². The maximum atomic E-state index is 10.5. The fraction of sp³-hybridized carbons (Fsp3) is 0.400. The van der Waals surface area contributed by atoms with Gasteiger partial charge in [-0.2, -0.15) is 0 Å². The lowest BCUT2D eigenvalue weighted by molar-refractivity contribution is -0.137. The SMILES string of the molecule is CCc1cccnc1[C@H](N)CC(=O)O. The number of rotatable bonds is 4. The zero-order valence-corrected chi connectivity index (χ0v) is 8.10. The van der Waals surface area contributed by atoms with Gasteiger partial charge in [-0.1, -0.05) is 13.0 Å². The molecular formula is C10H14N2O2. The fourth-order valence-electron chi connectivity index (χ4n) is 1.37. The summed E-state index contributed by atoms with van der Waals surface area (Å²) < 4.78 is 0. The van der Waals surface area contributed by atoms with E-state index in [0.29, 0.717) is 5.69 Å². The molecule has 0 aliphatic heterocycles. The van der Waals surface area contributed by atoms with Crippen molar-refractivity contribution in [2.75, 3.05) is 0 Å². The van der Waals surface area contributed by atoms with Gasteiger partial charge in [0.15, 0.2) is 0 Å². The van der Waals surface area contributed by atoms with Gasteiger partial charge in [-0.25, -0.2) is 0 Å². The van der Waals surface area contributed by atoms with E-state index in [0.717, 1.165) is 12.0 Å². The minimum Gasteiger partial charge on any atom is -0.481 e. The number of carbonyl (C=O) groups is 1. The first-order chi connectivity index (χ1) is 6.65. The maximum absolute atomic E-state index is 10.5. The van der Waals surface area contributed by atoms with E-state index in [-0.39, 0.29) is 6.42 Å². The van der Waals surface area contributed by atoms with Gasteiger partial charge in [-0.05, 0) is 18.1 Å². The van der Waals surface area contributed by atoms with Crippen molar-refractivity contribution in [3.8, 4) is 0 Å². The molecule has 76 valence electrons. The van der Waals surface area contributed by atoms with Gasteiger partial charge in [0.25, 0.3) is 0 Å². The van der Waals surface area contributed by atoms with Crippen molar-refractivity contribution in [3.05, 3.63) is 29.6 Å². The maximum Gasteiger partial charge on any atom is 0.305 e. The van der Waals surface area contributed by atoms with Crippen LogP contribution in [0.15, 0.2) is 18.3 Å². The van der Waals surface area contributed by atoms with Gasteiger partial charge >= 0.3 is 5.97 Å². The Morgan fingerprint density at radius 3 is 3.00 bits per heavy atom. The number of carboxylic acids is 1. The van der Waals surface area contributed by atoms with Crippen molar-refractivity contribution in [3.63, 3.8) is 0 Å². The van der Waals surface area contributed by atoms with Gasteiger partial charge in [0.05, 0.1) is 18.2 Å². The monoisotopic (exact) mass is 194 g/mol. The number of carboxylic acid groups (broad SMARTS) is 1. The molecule has 0 bridgehead atoms. The van der Waals surface area contributed by atoms with Crippen LogP contribution < -0.4 is 5.73 Å². The van der Waals surface area contributed by atoms with E-state index < -0.39 is 12.0 Å². The molecule has 0 unspecified atom stereocenters. The van der Waals surface area contributed by atoms with Crippen molar-refractivity contribution in [2.24, 2.45) is 5.73 Å². The number of hydrogen-bond acceptors (Lipinski definition) is 3. The molecule has 0 aliphatic rings. The molecule has 0 spiro atoms. The van der Waals surface area contributed by atoms with Crippen LogP contribution in [0, 0.1) is 0 Å². The molecular weight excluding hydrogens is 180 g/mol. The summed E-state index contributed by atoms with van der Waals surface area (Å²) in [5, 5.41) is 8.60. The minimum absolute atomic E-state index is 0.0794. The number of nitrogens with zero attached hydrogens (tertiary/aromatic N) is 1. The first kappa shape index (κ1) is 10.7. The Bertz CT molecular complexity index is 326. The summed E-state index contributed by atoms with van der Waals surface area (Å²) in [6.07, 6.45) is 2.37.